The van der Waals surface area contributed by atoms with Crippen LogP contribution in [0.15, 0.2) is 48.5 Å². The van der Waals surface area contributed by atoms with E-state index < -0.39 is 0 Å². The van der Waals surface area contributed by atoms with Gasteiger partial charge in [0.2, 0.25) is 0 Å². The molecular formula is C17H21FN2O. The molecule has 0 unspecified atom stereocenters. The fourth-order valence-electron chi connectivity index (χ4n) is 2.27. The molecule has 2 aromatic rings. The lowest BCUT2D eigenvalue weighted by Gasteiger charge is -2.25. The molecule has 0 fully saturated rings. The molecule has 0 amide bonds. The Hall–Kier alpha value is -2.07. The number of anilines is 1. The monoisotopic (exact) mass is 288 g/mol. The van der Waals surface area contributed by atoms with Gasteiger partial charge in [-0.2, -0.15) is 0 Å². The van der Waals surface area contributed by atoms with Gasteiger partial charge in [-0.3, -0.25) is 0 Å². The molecule has 0 saturated heterocycles. The van der Waals surface area contributed by atoms with Crippen LogP contribution in [-0.4, -0.2) is 20.2 Å². The van der Waals surface area contributed by atoms with E-state index in [4.69, 9.17) is 10.5 Å². The molecule has 0 aliphatic heterocycles. The molecule has 2 rings (SSSR count). The quantitative estimate of drug-likeness (QED) is 0.850. The highest BCUT2D eigenvalue weighted by Crippen LogP contribution is 2.23. The van der Waals surface area contributed by atoms with E-state index in [1.54, 1.807) is 19.2 Å². The number of nitrogens with two attached hydrogens (primary N) is 1. The number of nitrogens with zero attached hydrogens (tertiary/aromatic N) is 1. The highest BCUT2D eigenvalue weighted by atomic mass is 19.1. The standard InChI is InChI=1S/C17H21FN2O/c1-21-17-6-3-2-5-14(17)13-20(12-4-11-19)16-9-7-15(18)8-10-16/h2-3,5-10H,4,11-13,19H2,1H3. The second-order valence-corrected chi connectivity index (χ2v) is 4.85. The van der Waals surface area contributed by atoms with Crippen molar-refractivity contribution in [2.75, 3.05) is 25.1 Å². The van der Waals surface area contributed by atoms with Gasteiger partial charge in [-0.05, 0) is 43.3 Å². The normalized spacial score (nSPS) is 10.4. The van der Waals surface area contributed by atoms with Gasteiger partial charge < -0.3 is 15.4 Å². The van der Waals surface area contributed by atoms with Crippen molar-refractivity contribution in [3.05, 3.63) is 59.9 Å². The molecular weight excluding hydrogens is 267 g/mol. The number of rotatable bonds is 7. The van der Waals surface area contributed by atoms with Gasteiger partial charge in [0.25, 0.3) is 0 Å². The Labute approximate surface area is 125 Å². The summed E-state index contributed by atoms with van der Waals surface area (Å²) < 4.78 is 18.5. The van der Waals surface area contributed by atoms with Gasteiger partial charge in [-0.15, -0.1) is 0 Å². The fraction of sp³-hybridized carbons (Fsp3) is 0.294. The average molecular weight is 288 g/mol. The van der Waals surface area contributed by atoms with Crippen LogP contribution in [0.2, 0.25) is 0 Å². The van der Waals surface area contributed by atoms with E-state index in [2.05, 4.69) is 4.90 Å². The highest BCUT2D eigenvalue weighted by molar-refractivity contribution is 5.48. The van der Waals surface area contributed by atoms with Crippen molar-refractivity contribution >= 4 is 5.69 Å². The Balaban J connectivity index is 2.21. The Morgan fingerprint density at radius 1 is 1.10 bits per heavy atom. The molecule has 0 radical (unpaired) electrons. The summed E-state index contributed by atoms with van der Waals surface area (Å²) in [4.78, 5) is 2.18. The zero-order valence-electron chi connectivity index (χ0n) is 12.3. The first-order valence-corrected chi connectivity index (χ1v) is 7.07. The summed E-state index contributed by atoms with van der Waals surface area (Å²) in [5, 5.41) is 0. The Morgan fingerprint density at radius 3 is 2.48 bits per heavy atom. The molecule has 2 aromatic carbocycles. The summed E-state index contributed by atoms with van der Waals surface area (Å²) in [7, 11) is 1.67. The molecule has 0 aliphatic rings. The number of hydrogen-bond acceptors (Lipinski definition) is 3. The maximum Gasteiger partial charge on any atom is 0.123 e. The van der Waals surface area contributed by atoms with Gasteiger partial charge in [0, 0.05) is 24.3 Å². The summed E-state index contributed by atoms with van der Waals surface area (Å²) in [6.45, 7) is 2.15. The molecule has 112 valence electrons. The van der Waals surface area contributed by atoms with Gasteiger partial charge in [-0.25, -0.2) is 4.39 Å². The first kappa shape index (κ1) is 15.3. The van der Waals surface area contributed by atoms with Crippen LogP contribution in [0.5, 0.6) is 5.75 Å². The number of halogens is 1. The Kier molecular flexibility index (Phi) is 5.58. The van der Waals surface area contributed by atoms with Crippen molar-refractivity contribution in [2.45, 2.75) is 13.0 Å². The zero-order chi connectivity index (χ0) is 15.1. The maximum atomic E-state index is 13.1. The first-order chi connectivity index (χ1) is 10.2. The topological polar surface area (TPSA) is 38.5 Å². The van der Waals surface area contributed by atoms with E-state index in [1.165, 1.54) is 12.1 Å². The third-order valence-corrected chi connectivity index (χ3v) is 3.38. The predicted molar refractivity (Wildman–Crippen MR) is 84.1 cm³/mol. The van der Waals surface area contributed by atoms with Crippen LogP contribution in [0, 0.1) is 5.82 Å². The van der Waals surface area contributed by atoms with Crippen molar-refractivity contribution in [1.29, 1.82) is 0 Å². The van der Waals surface area contributed by atoms with Crippen LogP contribution in [0.4, 0.5) is 10.1 Å². The van der Waals surface area contributed by atoms with Gasteiger partial charge in [0.15, 0.2) is 0 Å². The van der Waals surface area contributed by atoms with Crippen LogP contribution < -0.4 is 15.4 Å². The summed E-state index contributed by atoms with van der Waals surface area (Å²) in [5.41, 5.74) is 7.70. The van der Waals surface area contributed by atoms with Crippen LogP contribution in [0.3, 0.4) is 0 Å². The molecule has 0 saturated carbocycles. The minimum absolute atomic E-state index is 0.227. The second kappa shape index (κ2) is 7.64. The zero-order valence-corrected chi connectivity index (χ0v) is 12.3. The SMILES string of the molecule is COc1ccccc1CN(CCCN)c1ccc(F)cc1. The van der Waals surface area contributed by atoms with Crippen molar-refractivity contribution in [1.82, 2.24) is 0 Å². The van der Waals surface area contributed by atoms with E-state index in [0.29, 0.717) is 13.1 Å². The van der Waals surface area contributed by atoms with E-state index in [9.17, 15) is 4.39 Å². The van der Waals surface area contributed by atoms with Crippen molar-refractivity contribution < 1.29 is 9.13 Å². The minimum atomic E-state index is -0.227. The largest absolute Gasteiger partial charge is 0.496 e. The third-order valence-electron chi connectivity index (χ3n) is 3.38. The smallest absolute Gasteiger partial charge is 0.123 e. The van der Waals surface area contributed by atoms with Gasteiger partial charge >= 0.3 is 0 Å². The minimum Gasteiger partial charge on any atom is -0.496 e. The van der Waals surface area contributed by atoms with Crippen molar-refractivity contribution in [3.8, 4) is 5.75 Å². The molecule has 0 heterocycles. The summed E-state index contributed by atoms with van der Waals surface area (Å²) >= 11 is 0. The van der Waals surface area contributed by atoms with Crippen molar-refractivity contribution in [3.63, 3.8) is 0 Å². The van der Waals surface area contributed by atoms with Crippen LogP contribution in [0.25, 0.3) is 0 Å². The van der Waals surface area contributed by atoms with Crippen molar-refractivity contribution in [2.24, 2.45) is 5.73 Å². The Bertz CT molecular complexity index is 557. The van der Waals surface area contributed by atoms with E-state index in [0.717, 1.165) is 30.0 Å². The molecule has 0 atom stereocenters. The lowest BCUT2D eigenvalue weighted by atomic mass is 10.1. The molecule has 0 bridgehead atoms. The van der Waals surface area contributed by atoms with Gasteiger partial charge in [-0.1, -0.05) is 18.2 Å². The molecule has 3 nitrogen and oxygen atoms in total. The lowest BCUT2D eigenvalue weighted by molar-refractivity contribution is 0.409. The summed E-state index contributed by atoms with van der Waals surface area (Å²) in [6, 6.07) is 14.5. The molecule has 0 aromatic heterocycles. The van der Waals surface area contributed by atoms with Crippen LogP contribution >= 0.6 is 0 Å². The second-order valence-electron chi connectivity index (χ2n) is 4.85. The number of methoxy groups -OCH3 is 1. The molecule has 21 heavy (non-hydrogen) atoms. The molecule has 2 N–H and O–H groups in total. The molecule has 0 aliphatic carbocycles. The summed E-state index contributed by atoms with van der Waals surface area (Å²) in [5.74, 6) is 0.632. The number of para-hydroxylation sites is 1. The first-order valence-electron chi connectivity index (χ1n) is 7.07. The van der Waals surface area contributed by atoms with E-state index in [-0.39, 0.29) is 5.82 Å². The van der Waals surface area contributed by atoms with Gasteiger partial charge in [0.05, 0.1) is 7.11 Å². The Morgan fingerprint density at radius 2 is 1.81 bits per heavy atom. The van der Waals surface area contributed by atoms with Crippen LogP contribution in [-0.2, 0) is 6.54 Å². The predicted octanol–water partition coefficient (Wildman–Crippen LogP) is 3.19. The third kappa shape index (κ3) is 4.20. The maximum absolute atomic E-state index is 13.1. The molecule has 4 heteroatoms. The average Bonchev–Trinajstić information content (AvgIpc) is 2.52. The van der Waals surface area contributed by atoms with Gasteiger partial charge in [0.1, 0.15) is 11.6 Å². The fourth-order valence-corrected chi connectivity index (χ4v) is 2.27. The summed E-state index contributed by atoms with van der Waals surface area (Å²) in [6.07, 6.45) is 0.881. The molecule has 0 spiro atoms. The number of hydrogen-bond donors (Lipinski definition) is 1. The van der Waals surface area contributed by atoms with E-state index >= 15 is 0 Å². The van der Waals surface area contributed by atoms with E-state index in [1.807, 2.05) is 24.3 Å². The number of benzene rings is 2. The lowest BCUT2D eigenvalue weighted by Crippen LogP contribution is -2.25. The number of ether oxygens (including phenoxy) is 1. The van der Waals surface area contributed by atoms with Crippen LogP contribution in [0.1, 0.15) is 12.0 Å². The highest BCUT2D eigenvalue weighted by Gasteiger charge is 2.10.